The molecule has 126 valence electrons. The Bertz CT molecular complexity index is 420. The predicted molar refractivity (Wildman–Crippen MR) is 85.5 cm³/mol. The molecule has 2 fully saturated rings. The van der Waals surface area contributed by atoms with Gasteiger partial charge in [0, 0.05) is 31.0 Å². The van der Waals surface area contributed by atoms with Gasteiger partial charge < -0.3 is 15.0 Å². The molecule has 2 aliphatic heterocycles. The van der Waals surface area contributed by atoms with Crippen LogP contribution >= 0.6 is 0 Å². The molecule has 2 heterocycles. The summed E-state index contributed by atoms with van der Waals surface area (Å²) >= 11 is 0. The highest BCUT2D eigenvalue weighted by atomic mass is 16.6. The Labute approximate surface area is 133 Å². The van der Waals surface area contributed by atoms with Crippen LogP contribution in [0.5, 0.6) is 0 Å². The van der Waals surface area contributed by atoms with E-state index in [0.717, 1.165) is 38.6 Å². The Kier molecular flexibility index (Phi) is 5.03. The largest absolute Gasteiger partial charge is 0.444 e. The number of carbonyl (C=O) groups excluding carboxylic acids is 2. The van der Waals surface area contributed by atoms with Crippen LogP contribution in [0, 0.1) is 11.3 Å². The van der Waals surface area contributed by atoms with Crippen LogP contribution < -0.4 is 5.32 Å². The zero-order valence-corrected chi connectivity index (χ0v) is 14.4. The summed E-state index contributed by atoms with van der Waals surface area (Å²) in [5.74, 6) is 0.326. The molecular formula is C17H30N2O3. The third kappa shape index (κ3) is 3.73. The van der Waals surface area contributed by atoms with Crippen molar-refractivity contribution in [3.8, 4) is 0 Å². The summed E-state index contributed by atoms with van der Waals surface area (Å²) in [6, 6.07) is 0. The molecule has 1 spiro atoms. The number of ether oxygens (including phenoxy) is 1. The number of nitrogens with zero attached hydrogens (tertiary/aromatic N) is 1. The highest BCUT2D eigenvalue weighted by Gasteiger charge is 2.49. The smallest absolute Gasteiger partial charge is 0.410 e. The molecule has 2 amide bonds. The fraction of sp³-hybridized carbons (Fsp3) is 0.882. The molecule has 0 aliphatic carbocycles. The molecule has 0 aromatic rings. The van der Waals surface area contributed by atoms with Gasteiger partial charge in [0.15, 0.2) is 0 Å². The second-order valence-corrected chi connectivity index (χ2v) is 7.74. The second kappa shape index (κ2) is 6.47. The topological polar surface area (TPSA) is 58.6 Å². The maximum Gasteiger partial charge on any atom is 0.410 e. The fourth-order valence-electron chi connectivity index (χ4n) is 3.62. The van der Waals surface area contributed by atoms with Gasteiger partial charge in [0.2, 0.25) is 5.91 Å². The summed E-state index contributed by atoms with van der Waals surface area (Å²) in [6.07, 6.45) is 4.72. The number of piperidine rings is 1. The number of amides is 2. The van der Waals surface area contributed by atoms with Crippen LogP contribution in [0.4, 0.5) is 4.79 Å². The molecule has 22 heavy (non-hydrogen) atoms. The predicted octanol–water partition coefficient (Wildman–Crippen LogP) is 2.94. The Balaban J connectivity index is 1.95. The molecule has 0 radical (unpaired) electrons. The fourth-order valence-corrected chi connectivity index (χ4v) is 3.62. The summed E-state index contributed by atoms with van der Waals surface area (Å²) < 4.78 is 5.45. The van der Waals surface area contributed by atoms with Gasteiger partial charge in [-0.25, -0.2) is 4.79 Å². The molecule has 2 saturated heterocycles. The molecule has 5 nitrogen and oxygen atoms in total. The summed E-state index contributed by atoms with van der Waals surface area (Å²) in [7, 11) is 0. The molecule has 0 saturated carbocycles. The third-order valence-electron chi connectivity index (χ3n) is 4.93. The Morgan fingerprint density at radius 1 is 1.36 bits per heavy atom. The van der Waals surface area contributed by atoms with E-state index in [-0.39, 0.29) is 23.3 Å². The molecule has 0 bridgehead atoms. The van der Waals surface area contributed by atoms with E-state index in [1.54, 1.807) is 4.90 Å². The minimum Gasteiger partial charge on any atom is -0.444 e. The van der Waals surface area contributed by atoms with E-state index in [0.29, 0.717) is 13.1 Å². The zero-order valence-electron chi connectivity index (χ0n) is 14.4. The van der Waals surface area contributed by atoms with Crippen LogP contribution in [0.1, 0.15) is 59.8 Å². The molecule has 1 N–H and O–H groups in total. The zero-order chi connectivity index (χ0) is 16.4. The van der Waals surface area contributed by atoms with Crippen molar-refractivity contribution in [1.82, 2.24) is 10.2 Å². The minimum atomic E-state index is -0.458. The number of unbranched alkanes of at least 4 members (excludes halogenated alkanes) is 1. The average Bonchev–Trinajstić information content (AvgIpc) is 2.72. The van der Waals surface area contributed by atoms with Crippen LogP contribution in [0.25, 0.3) is 0 Å². The van der Waals surface area contributed by atoms with Gasteiger partial charge in [-0.2, -0.15) is 0 Å². The molecule has 2 aliphatic rings. The van der Waals surface area contributed by atoms with Gasteiger partial charge in [-0.05, 0) is 40.0 Å². The van der Waals surface area contributed by atoms with Crippen molar-refractivity contribution < 1.29 is 14.3 Å². The van der Waals surface area contributed by atoms with E-state index in [9.17, 15) is 9.59 Å². The highest BCUT2D eigenvalue weighted by Crippen LogP contribution is 2.44. The van der Waals surface area contributed by atoms with Gasteiger partial charge in [-0.3, -0.25) is 4.79 Å². The molecule has 1 unspecified atom stereocenters. The van der Waals surface area contributed by atoms with Crippen LogP contribution in [0.15, 0.2) is 0 Å². The summed E-state index contributed by atoms with van der Waals surface area (Å²) in [5, 5.41) is 3.05. The van der Waals surface area contributed by atoms with Crippen molar-refractivity contribution in [1.29, 1.82) is 0 Å². The monoisotopic (exact) mass is 310 g/mol. The van der Waals surface area contributed by atoms with E-state index >= 15 is 0 Å². The van der Waals surface area contributed by atoms with Crippen LogP contribution in [-0.2, 0) is 9.53 Å². The van der Waals surface area contributed by atoms with Crippen LogP contribution in [-0.4, -0.2) is 42.1 Å². The first kappa shape index (κ1) is 17.1. The van der Waals surface area contributed by atoms with Gasteiger partial charge in [0.1, 0.15) is 5.60 Å². The van der Waals surface area contributed by atoms with Crippen molar-refractivity contribution in [2.24, 2.45) is 11.3 Å². The van der Waals surface area contributed by atoms with E-state index in [1.165, 1.54) is 0 Å². The number of nitrogens with one attached hydrogen (secondary N) is 1. The maximum atomic E-state index is 12.2. The number of hydrogen-bond donors (Lipinski definition) is 1. The average molecular weight is 310 g/mol. The molecule has 5 heteroatoms. The first-order valence-corrected chi connectivity index (χ1v) is 8.53. The maximum absolute atomic E-state index is 12.2. The molecule has 2 rings (SSSR count). The Hall–Kier alpha value is -1.26. The normalized spacial score (nSPS) is 24.5. The molecule has 0 aromatic heterocycles. The lowest BCUT2D eigenvalue weighted by atomic mass is 9.69. The van der Waals surface area contributed by atoms with E-state index in [4.69, 9.17) is 4.74 Å². The minimum absolute atomic E-state index is 0.0464. The number of carbonyl (C=O) groups is 2. The van der Waals surface area contributed by atoms with E-state index in [1.807, 2.05) is 20.8 Å². The summed E-state index contributed by atoms with van der Waals surface area (Å²) in [4.78, 5) is 26.1. The van der Waals surface area contributed by atoms with E-state index < -0.39 is 5.60 Å². The lowest BCUT2D eigenvalue weighted by molar-refractivity contribution is -0.124. The highest BCUT2D eigenvalue weighted by molar-refractivity contribution is 5.82. The van der Waals surface area contributed by atoms with Crippen LogP contribution in [0.3, 0.4) is 0 Å². The standard InChI is InChI=1S/C17H30N2O3/c1-5-6-7-13-14(20)18-12-17(13)8-10-19(11-9-17)15(21)22-16(2,3)4/h13H,5-12H2,1-4H3,(H,18,20). The van der Waals surface area contributed by atoms with Crippen LogP contribution in [0.2, 0.25) is 0 Å². The van der Waals surface area contributed by atoms with Crippen molar-refractivity contribution in [2.45, 2.75) is 65.4 Å². The van der Waals surface area contributed by atoms with Crippen molar-refractivity contribution >= 4 is 12.0 Å². The van der Waals surface area contributed by atoms with Gasteiger partial charge >= 0.3 is 6.09 Å². The molecular weight excluding hydrogens is 280 g/mol. The second-order valence-electron chi connectivity index (χ2n) is 7.74. The number of hydrogen-bond acceptors (Lipinski definition) is 3. The third-order valence-corrected chi connectivity index (χ3v) is 4.93. The van der Waals surface area contributed by atoms with Crippen molar-refractivity contribution in [2.75, 3.05) is 19.6 Å². The Morgan fingerprint density at radius 2 is 2.00 bits per heavy atom. The van der Waals surface area contributed by atoms with Gasteiger partial charge in [0.05, 0.1) is 0 Å². The van der Waals surface area contributed by atoms with Crippen molar-refractivity contribution in [3.05, 3.63) is 0 Å². The summed E-state index contributed by atoms with van der Waals surface area (Å²) in [6.45, 7) is 9.95. The number of likely N-dealkylation sites (tertiary alicyclic amines) is 1. The van der Waals surface area contributed by atoms with E-state index in [2.05, 4.69) is 12.2 Å². The molecule has 1 atom stereocenters. The Morgan fingerprint density at radius 3 is 2.55 bits per heavy atom. The lowest BCUT2D eigenvalue weighted by Gasteiger charge is -2.41. The first-order chi connectivity index (χ1) is 10.3. The first-order valence-electron chi connectivity index (χ1n) is 8.53. The van der Waals surface area contributed by atoms with Crippen molar-refractivity contribution in [3.63, 3.8) is 0 Å². The molecule has 0 aromatic carbocycles. The lowest BCUT2D eigenvalue weighted by Crippen LogP contribution is -2.47. The SMILES string of the molecule is CCCCC1C(=O)NCC12CCN(C(=O)OC(C)(C)C)CC2. The number of rotatable bonds is 3. The summed E-state index contributed by atoms with van der Waals surface area (Å²) in [5.41, 5.74) is -0.411. The van der Waals surface area contributed by atoms with Gasteiger partial charge in [-0.1, -0.05) is 19.8 Å². The quantitative estimate of drug-likeness (QED) is 0.872. The van der Waals surface area contributed by atoms with Gasteiger partial charge in [-0.15, -0.1) is 0 Å². The van der Waals surface area contributed by atoms with Gasteiger partial charge in [0.25, 0.3) is 0 Å².